The Labute approximate surface area is 239 Å². The van der Waals surface area contributed by atoms with Gasteiger partial charge in [-0.15, -0.1) is 0 Å². The van der Waals surface area contributed by atoms with Crippen molar-refractivity contribution in [1.82, 2.24) is 0 Å². The van der Waals surface area contributed by atoms with Gasteiger partial charge in [-0.2, -0.15) is 16.8 Å². The van der Waals surface area contributed by atoms with E-state index in [-0.39, 0.29) is 9.79 Å². The summed E-state index contributed by atoms with van der Waals surface area (Å²) in [5, 5.41) is 4.89. The van der Waals surface area contributed by atoms with Gasteiger partial charge in [0.25, 0.3) is 20.2 Å². The molecule has 0 saturated heterocycles. The fourth-order valence-corrected chi connectivity index (χ4v) is 9.21. The van der Waals surface area contributed by atoms with Gasteiger partial charge in [0.1, 0.15) is 9.79 Å². The summed E-state index contributed by atoms with van der Waals surface area (Å²) in [5.74, 6) is 0. The lowest BCUT2D eigenvalue weighted by Gasteiger charge is -2.25. The maximum Gasteiger partial charge on any atom is 0.295 e. The van der Waals surface area contributed by atoms with Crippen LogP contribution < -0.4 is 15.9 Å². The number of benzene rings is 6. The average Bonchev–Trinajstić information content (AvgIpc) is 2.96. The zero-order valence-corrected chi connectivity index (χ0v) is 23.9. The predicted molar refractivity (Wildman–Crippen MR) is 165 cm³/mol. The van der Waals surface area contributed by atoms with Crippen molar-refractivity contribution in [2.24, 2.45) is 0 Å². The molecule has 0 bridgehead atoms. The van der Waals surface area contributed by atoms with Gasteiger partial charge in [0, 0.05) is 10.8 Å². The molecule has 0 fully saturated rings. The molecule has 0 heterocycles. The summed E-state index contributed by atoms with van der Waals surface area (Å²) >= 11 is 0. The highest BCUT2D eigenvalue weighted by Gasteiger charge is 2.25. The van der Waals surface area contributed by atoms with E-state index in [1.54, 1.807) is 42.5 Å². The molecule has 0 unspecified atom stereocenters. The van der Waals surface area contributed by atoms with Crippen LogP contribution in [0.2, 0.25) is 0 Å². The molecule has 41 heavy (non-hydrogen) atoms. The van der Waals surface area contributed by atoms with Gasteiger partial charge in [0.15, 0.2) is 0 Å². The molecule has 0 atom stereocenters. The Morgan fingerprint density at radius 3 is 1.44 bits per heavy atom. The standard InChI is InChI=1S/C32H23O6PS2/c33-40(34,35)30-18-8-14-24-25(30)15-7-16-27(24)32-28-17-9-19-31(41(36,37)38)26(28)20-21-29(32)39(22-10-3-1-4-11-22)23-12-5-2-6-13-23/h1-21H,(H,33,34,35)(H,36,37,38). The van der Waals surface area contributed by atoms with E-state index in [1.807, 2.05) is 48.5 Å². The van der Waals surface area contributed by atoms with E-state index in [1.165, 1.54) is 12.1 Å². The number of hydrogen-bond donors (Lipinski definition) is 2. The first-order valence-corrected chi connectivity index (χ1v) is 16.8. The molecule has 0 radical (unpaired) electrons. The van der Waals surface area contributed by atoms with Crippen molar-refractivity contribution < 1.29 is 25.9 Å². The zero-order valence-electron chi connectivity index (χ0n) is 21.4. The van der Waals surface area contributed by atoms with E-state index in [0.717, 1.165) is 15.9 Å². The summed E-state index contributed by atoms with van der Waals surface area (Å²) in [6.07, 6.45) is 0. The van der Waals surface area contributed by atoms with E-state index in [4.69, 9.17) is 0 Å². The van der Waals surface area contributed by atoms with Gasteiger partial charge < -0.3 is 0 Å². The van der Waals surface area contributed by atoms with Crippen molar-refractivity contribution in [3.8, 4) is 11.1 Å². The van der Waals surface area contributed by atoms with Crippen LogP contribution in [0, 0.1) is 0 Å². The second kappa shape index (κ2) is 10.5. The van der Waals surface area contributed by atoms with Crippen LogP contribution >= 0.6 is 7.92 Å². The molecule has 0 amide bonds. The van der Waals surface area contributed by atoms with E-state index < -0.39 is 28.2 Å². The second-order valence-electron chi connectivity index (χ2n) is 9.42. The lowest BCUT2D eigenvalue weighted by molar-refractivity contribution is 0.482. The monoisotopic (exact) mass is 598 g/mol. The Morgan fingerprint density at radius 1 is 0.439 bits per heavy atom. The maximum atomic E-state index is 12.4. The van der Waals surface area contributed by atoms with Crippen LogP contribution in [-0.2, 0) is 20.2 Å². The number of hydrogen-bond acceptors (Lipinski definition) is 4. The van der Waals surface area contributed by atoms with Crippen LogP contribution in [0.15, 0.2) is 137 Å². The van der Waals surface area contributed by atoms with E-state index in [0.29, 0.717) is 32.7 Å². The molecule has 2 N–H and O–H groups in total. The molecule has 6 nitrogen and oxygen atoms in total. The molecule has 0 aliphatic carbocycles. The number of rotatable bonds is 6. The Morgan fingerprint density at radius 2 is 0.902 bits per heavy atom. The largest absolute Gasteiger partial charge is 0.295 e. The van der Waals surface area contributed by atoms with Crippen LogP contribution in [0.5, 0.6) is 0 Å². The molecule has 6 aromatic carbocycles. The van der Waals surface area contributed by atoms with Crippen LogP contribution in [0.4, 0.5) is 0 Å². The lowest BCUT2D eigenvalue weighted by Crippen LogP contribution is -2.22. The van der Waals surface area contributed by atoms with E-state index in [9.17, 15) is 25.9 Å². The lowest BCUT2D eigenvalue weighted by atomic mass is 9.94. The predicted octanol–water partition coefficient (Wildman–Crippen LogP) is 5.91. The third-order valence-electron chi connectivity index (χ3n) is 6.98. The van der Waals surface area contributed by atoms with Crippen LogP contribution in [0.3, 0.4) is 0 Å². The fraction of sp³-hybridized carbons (Fsp3) is 0. The molecular weight excluding hydrogens is 575 g/mol. The Hall–Kier alpha value is -3.91. The Bertz CT molecular complexity index is 2110. The highest BCUT2D eigenvalue weighted by atomic mass is 32.2. The van der Waals surface area contributed by atoms with Gasteiger partial charge in [-0.25, -0.2) is 0 Å². The zero-order chi connectivity index (χ0) is 28.8. The first kappa shape index (κ1) is 27.3. The quantitative estimate of drug-likeness (QED) is 0.182. The van der Waals surface area contributed by atoms with E-state index >= 15 is 0 Å². The van der Waals surface area contributed by atoms with Gasteiger partial charge in [-0.1, -0.05) is 115 Å². The molecule has 0 saturated carbocycles. The summed E-state index contributed by atoms with van der Waals surface area (Å²) in [4.78, 5) is -0.434. The summed E-state index contributed by atoms with van der Waals surface area (Å²) in [6.45, 7) is 0. The van der Waals surface area contributed by atoms with Crippen molar-refractivity contribution >= 4 is 65.6 Å². The first-order valence-electron chi connectivity index (χ1n) is 12.6. The van der Waals surface area contributed by atoms with Crippen molar-refractivity contribution in [2.45, 2.75) is 9.79 Å². The third kappa shape index (κ3) is 5.05. The second-order valence-corrected chi connectivity index (χ2v) is 14.4. The topological polar surface area (TPSA) is 109 Å². The van der Waals surface area contributed by atoms with Crippen molar-refractivity contribution in [2.75, 3.05) is 0 Å². The van der Waals surface area contributed by atoms with Crippen molar-refractivity contribution in [3.63, 3.8) is 0 Å². The molecule has 6 aromatic rings. The van der Waals surface area contributed by atoms with Crippen LogP contribution in [-0.4, -0.2) is 25.9 Å². The summed E-state index contributed by atoms with van der Waals surface area (Å²) < 4.78 is 69.4. The number of fused-ring (bicyclic) bond motifs is 2. The third-order valence-corrected chi connectivity index (χ3v) is 11.3. The van der Waals surface area contributed by atoms with Crippen molar-refractivity contribution in [3.05, 3.63) is 127 Å². The molecule has 9 heteroatoms. The summed E-state index contributed by atoms with van der Waals surface area (Å²) in [6, 6.07) is 38.3. The molecule has 0 aromatic heterocycles. The van der Waals surface area contributed by atoms with Crippen LogP contribution in [0.1, 0.15) is 0 Å². The smallest absolute Gasteiger partial charge is 0.282 e. The summed E-state index contributed by atoms with van der Waals surface area (Å²) in [7, 11) is -10.2. The molecule has 0 aliphatic heterocycles. The van der Waals surface area contributed by atoms with Gasteiger partial charge in [-0.3, -0.25) is 9.11 Å². The van der Waals surface area contributed by atoms with Gasteiger partial charge in [0.05, 0.1) is 0 Å². The van der Waals surface area contributed by atoms with Gasteiger partial charge in [0.2, 0.25) is 0 Å². The highest BCUT2D eigenvalue weighted by molar-refractivity contribution is 7.86. The molecule has 0 spiro atoms. The first-order chi connectivity index (χ1) is 19.6. The molecule has 6 rings (SSSR count). The van der Waals surface area contributed by atoms with Gasteiger partial charge in [-0.05, 0) is 57.9 Å². The average molecular weight is 599 g/mol. The minimum absolute atomic E-state index is 0.217. The van der Waals surface area contributed by atoms with Crippen LogP contribution in [0.25, 0.3) is 32.7 Å². The fourth-order valence-electron chi connectivity index (χ4n) is 5.32. The van der Waals surface area contributed by atoms with Crippen molar-refractivity contribution in [1.29, 1.82) is 0 Å². The minimum atomic E-state index is -4.54. The maximum absolute atomic E-state index is 12.4. The molecule has 0 aliphatic rings. The summed E-state index contributed by atoms with van der Waals surface area (Å²) in [5.41, 5.74) is 1.38. The highest BCUT2D eigenvalue weighted by Crippen LogP contribution is 2.43. The minimum Gasteiger partial charge on any atom is -0.282 e. The van der Waals surface area contributed by atoms with Gasteiger partial charge >= 0.3 is 0 Å². The van der Waals surface area contributed by atoms with E-state index in [2.05, 4.69) is 24.3 Å². The Kier molecular flexibility index (Phi) is 6.98. The molecule has 204 valence electrons. The SMILES string of the molecule is O=S(=O)(O)c1cccc2c(-c3c(P(c4ccccc4)c4ccccc4)ccc4c(S(=O)(=O)O)cccc34)cccc12. The Balaban J connectivity index is 1.80. The molecular formula is C32H23O6PS2. The normalized spacial score (nSPS) is 12.3.